The number of aliphatic hydroxyl groups is 1. The molecule has 1 N–H and O–H groups in total. The van der Waals surface area contributed by atoms with E-state index in [1.165, 1.54) is 32.1 Å². The molecule has 4 fully saturated rings. The van der Waals surface area contributed by atoms with Crippen LogP contribution in [0.2, 0.25) is 0 Å². The van der Waals surface area contributed by atoms with Gasteiger partial charge in [0.2, 0.25) is 0 Å². The molecule has 136 valence electrons. The van der Waals surface area contributed by atoms with Crippen molar-refractivity contribution in [2.45, 2.75) is 97.0 Å². The molecule has 4 rings (SSSR count). The van der Waals surface area contributed by atoms with E-state index >= 15 is 0 Å². The first-order chi connectivity index (χ1) is 11.3. The maximum Gasteiger partial charge on any atom is 0.133 e. The van der Waals surface area contributed by atoms with E-state index in [0.29, 0.717) is 23.0 Å². The molecule has 0 bridgehead atoms. The average Bonchev–Trinajstić information content (AvgIpc) is 2.80. The van der Waals surface area contributed by atoms with Gasteiger partial charge < -0.3 is 5.11 Å². The Morgan fingerprint density at radius 1 is 1.04 bits per heavy atom. The molecule has 0 amide bonds. The van der Waals surface area contributed by atoms with E-state index in [2.05, 4.69) is 20.8 Å². The van der Waals surface area contributed by atoms with Crippen molar-refractivity contribution in [2.24, 2.45) is 34.5 Å². The summed E-state index contributed by atoms with van der Waals surface area (Å²) in [6, 6.07) is 0. The molecule has 2 heteroatoms. The molecule has 0 aromatic heterocycles. The van der Waals surface area contributed by atoms with Gasteiger partial charge in [0, 0.05) is 12.8 Å². The van der Waals surface area contributed by atoms with Crippen LogP contribution in [0.3, 0.4) is 0 Å². The van der Waals surface area contributed by atoms with Gasteiger partial charge in [0.05, 0.1) is 5.60 Å². The van der Waals surface area contributed by atoms with Gasteiger partial charge in [0.15, 0.2) is 0 Å². The van der Waals surface area contributed by atoms with Crippen LogP contribution in [0, 0.1) is 34.5 Å². The van der Waals surface area contributed by atoms with E-state index in [0.717, 1.165) is 50.4 Å². The lowest BCUT2D eigenvalue weighted by atomic mass is 9.44. The summed E-state index contributed by atoms with van der Waals surface area (Å²) in [7, 11) is 0. The molecular formula is C22H36O2. The Morgan fingerprint density at radius 3 is 2.54 bits per heavy atom. The van der Waals surface area contributed by atoms with Gasteiger partial charge in [0.25, 0.3) is 0 Å². The Bertz CT molecular complexity index is 528. The minimum absolute atomic E-state index is 0.137. The van der Waals surface area contributed by atoms with Crippen LogP contribution in [-0.2, 0) is 4.79 Å². The van der Waals surface area contributed by atoms with Crippen molar-refractivity contribution in [3.05, 3.63) is 0 Å². The van der Waals surface area contributed by atoms with Crippen LogP contribution in [0.1, 0.15) is 91.4 Å². The average molecular weight is 333 g/mol. The molecule has 4 aliphatic rings. The summed E-state index contributed by atoms with van der Waals surface area (Å²) >= 11 is 0. The maximum atomic E-state index is 12.0. The van der Waals surface area contributed by atoms with Crippen molar-refractivity contribution in [3.63, 3.8) is 0 Å². The molecule has 2 nitrogen and oxygen atoms in total. The SMILES string of the molecule is CCC[C@@]1(O)CC[C@@H]2[C@H]3CC[C@H]4CC(=O)CC[C@]4(C)[C@H]3CC[C@@]21C. The number of carbonyl (C=O) groups is 1. The molecule has 0 spiro atoms. The van der Waals surface area contributed by atoms with Gasteiger partial charge in [-0.25, -0.2) is 0 Å². The molecule has 24 heavy (non-hydrogen) atoms. The monoisotopic (exact) mass is 332 g/mol. The van der Waals surface area contributed by atoms with Gasteiger partial charge in [-0.05, 0) is 85.9 Å². The van der Waals surface area contributed by atoms with Gasteiger partial charge in [-0.3, -0.25) is 4.79 Å². The second-order valence-electron chi connectivity index (χ2n) is 10.2. The van der Waals surface area contributed by atoms with E-state index in [1.807, 2.05) is 0 Å². The fraction of sp³-hybridized carbons (Fsp3) is 0.955. The zero-order chi connectivity index (χ0) is 17.2. The van der Waals surface area contributed by atoms with Gasteiger partial charge in [-0.1, -0.05) is 27.2 Å². The zero-order valence-electron chi connectivity index (χ0n) is 15.9. The third-order valence-corrected chi connectivity index (χ3v) is 9.47. The maximum absolute atomic E-state index is 12.0. The molecule has 0 aliphatic heterocycles. The highest BCUT2D eigenvalue weighted by Crippen LogP contribution is 2.68. The Labute approximate surface area is 147 Å². The number of carbonyl (C=O) groups excluding carboxylic acids is 1. The first kappa shape index (κ1) is 17.1. The highest BCUT2D eigenvalue weighted by atomic mass is 16.3. The molecule has 0 radical (unpaired) electrons. The Balaban J connectivity index is 1.62. The number of ketones is 1. The Kier molecular flexibility index (Phi) is 3.95. The third-order valence-electron chi connectivity index (χ3n) is 9.47. The molecule has 0 aromatic rings. The first-order valence-electron chi connectivity index (χ1n) is 10.6. The van der Waals surface area contributed by atoms with Crippen molar-refractivity contribution < 1.29 is 9.90 Å². The van der Waals surface area contributed by atoms with Gasteiger partial charge >= 0.3 is 0 Å². The number of rotatable bonds is 2. The predicted molar refractivity (Wildman–Crippen MR) is 96.6 cm³/mol. The Hall–Kier alpha value is -0.370. The van der Waals surface area contributed by atoms with Crippen LogP contribution >= 0.6 is 0 Å². The fourth-order valence-corrected chi connectivity index (χ4v) is 7.98. The standard InChI is InChI=1S/C22H36O2/c1-4-10-22(24)13-9-19-17-6-5-15-14-16(23)7-11-20(15,2)18(17)8-12-21(19,22)3/h15,17-19,24H,4-14H2,1-3H3/t15-,17-,18-,19+,20-,21-,22+/m0/s1. The molecule has 0 aromatic carbocycles. The van der Waals surface area contributed by atoms with E-state index in [-0.39, 0.29) is 5.41 Å². The number of Topliss-reactive ketones (excluding diaryl/α,β-unsaturated/α-hetero) is 1. The van der Waals surface area contributed by atoms with Crippen molar-refractivity contribution >= 4 is 5.78 Å². The number of fused-ring (bicyclic) bond motifs is 5. The summed E-state index contributed by atoms with van der Waals surface area (Å²) in [5.74, 6) is 3.45. The number of hydrogen-bond donors (Lipinski definition) is 1. The van der Waals surface area contributed by atoms with Crippen molar-refractivity contribution in [1.82, 2.24) is 0 Å². The minimum atomic E-state index is -0.419. The Morgan fingerprint density at radius 2 is 1.79 bits per heavy atom. The van der Waals surface area contributed by atoms with Crippen LogP contribution < -0.4 is 0 Å². The molecule has 0 heterocycles. The van der Waals surface area contributed by atoms with Crippen molar-refractivity contribution in [1.29, 1.82) is 0 Å². The predicted octanol–water partition coefficient (Wildman–Crippen LogP) is 5.13. The van der Waals surface area contributed by atoms with Crippen molar-refractivity contribution in [2.75, 3.05) is 0 Å². The van der Waals surface area contributed by atoms with E-state index in [1.54, 1.807) is 0 Å². The molecule has 0 saturated heterocycles. The van der Waals surface area contributed by atoms with Crippen molar-refractivity contribution in [3.8, 4) is 0 Å². The molecule has 7 atom stereocenters. The van der Waals surface area contributed by atoms with E-state index in [9.17, 15) is 9.90 Å². The van der Waals surface area contributed by atoms with Crippen LogP contribution in [0.25, 0.3) is 0 Å². The van der Waals surface area contributed by atoms with E-state index < -0.39 is 5.60 Å². The summed E-state index contributed by atoms with van der Waals surface area (Å²) in [5, 5.41) is 11.4. The highest BCUT2D eigenvalue weighted by molar-refractivity contribution is 5.79. The second kappa shape index (κ2) is 5.56. The third kappa shape index (κ3) is 2.14. The second-order valence-corrected chi connectivity index (χ2v) is 10.2. The van der Waals surface area contributed by atoms with Crippen LogP contribution in [0.5, 0.6) is 0 Å². The van der Waals surface area contributed by atoms with Crippen LogP contribution in [0.15, 0.2) is 0 Å². The van der Waals surface area contributed by atoms with Gasteiger partial charge in [-0.2, -0.15) is 0 Å². The quantitative estimate of drug-likeness (QED) is 0.761. The molecule has 4 saturated carbocycles. The van der Waals surface area contributed by atoms with Gasteiger partial charge in [0.1, 0.15) is 5.78 Å². The summed E-state index contributed by atoms with van der Waals surface area (Å²) in [6.45, 7) is 7.14. The summed E-state index contributed by atoms with van der Waals surface area (Å²) < 4.78 is 0. The first-order valence-corrected chi connectivity index (χ1v) is 10.6. The topological polar surface area (TPSA) is 37.3 Å². The normalized spacial score (nSPS) is 54.1. The van der Waals surface area contributed by atoms with Gasteiger partial charge in [-0.15, -0.1) is 0 Å². The summed E-state index contributed by atoms with van der Waals surface area (Å²) in [4.78, 5) is 12.0. The summed E-state index contributed by atoms with van der Waals surface area (Å²) in [5.41, 5.74) is 0.110. The lowest BCUT2D eigenvalue weighted by Gasteiger charge is -2.61. The molecule has 0 unspecified atom stereocenters. The smallest absolute Gasteiger partial charge is 0.133 e. The van der Waals surface area contributed by atoms with Crippen LogP contribution in [-0.4, -0.2) is 16.5 Å². The lowest BCUT2D eigenvalue weighted by molar-refractivity contribution is -0.158. The summed E-state index contributed by atoms with van der Waals surface area (Å²) in [6.07, 6.45) is 12.2. The highest BCUT2D eigenvalue weighted by Gasteiger charge is 2.64. The number of hydrogen-bond acceptors (Lipinski definition) is 2. The van der Waals surface area contributed by atoms with Crippen LogP contribution in [0.4, 0.5) is 0 Å². The molecular weight excluding hydrogens is 296 g/mol. The minimum Gasteiger partial charge on any atom is -0.389 e. The fourth-order valence-electron chi connectivity index (χ4n) is 7.98. The zero-order valence-corrected chi connectivity index (χ0v) is 15.9. The lowest BCUT2D eigenvalue weighted by Crippen LogP contribution is -2.56. The molecule has 4 aliphatic carbocycles. The van der Waals surface area contributed by atoms with E-state index in [4.69, 9.17) is 0 Å². The largest absolute Gasteiger partial charge is 0.389 e.